The highest BCUT2D eigenvalue weighted by atomic mass is 35.5. The van der Waals surface area contributed by atoms with Crippen molar-refractivity contribution in [1.82, 2.24) is 0 Å². The minimum atomic E-state index is -0.232. The molecular formula is C12H13Cl2N3O. The van der Waals surface area contributed by atoms with Crippen molar-refractivity contribution < 1.29 is 4.79 Å². The molecule has 18 heavy (non-hydrogen) atoms. The van der Waals surface area contributed by atoms with Gasteiger partial charge in [-0.15, -0.1) is 0 Å². The first-order valence-corrected chi connectivity index (χ1v) is 6.34. The maximum atomic E-state index is 12.2. The van der Waals surface area contributed by atoms with E-state index in [0.29, 0.717) is 28.7 Å². The summed E-state index contributed by atoms with van der Waals surface area (Å²) in [6.45, 7) is 2.29. The average molecular weight is 286 g/mol. The number of hydrazone groups is 1. The van der Waals surface area contributed by atoms with Crippen LogP contribution >= 0.6 is 23.2 Å². The second-order valence-corrected chi connectivity index (χ2v) is 4.93. The van der Waals surface area contributed by atoms with Crippen LogP contribution in [0.5, 0.6) is 0 Å². The summed E-state index contributed by atoms with van der Waals surface area (Å²) in [5.74, 6) is -0.305. The number of nitrogens with two attached hydrogens (primary N) is 1. The summed E-state index contributed by atoms with van der Waals surface area (Å²) in [5.41, 5.74) is 6.89. The summed E-state index contributed by atoms with van der Waals surface area (Å²) in [4.78, 5) is 12.2. The van der Waals surface area contributed by atoms with Crippen molar-refractivity contribution in [3.63, 3.8) is 0 Å². The molecule has 1 aromatic rings. The van der Waals surface area contributed by atoms with Crippen molar-refractivity contribution in [2.24, 2.45) is 16.8 Å². The largest absolute Gasteiger partial charge is 0.330 e. The number of carbonyl (C=O) groups is 1. The molecule has 1 atom stereocenters. The quantitative estimate of drug-likeness (QED) is 0.928. The van der Waals surface area contributed by atoms with Crippen LogP contribution in [0.3, 0.4) is 0 Å². The molecule has 0 aliphatic carbocycles. The predicted octanol–water partition coefficient (Wildman–Crippen LogP) is 2.68. The number of benzene rings is 1. The number of hydrogen-bond donors (Lipinski definition) is 1. The predicted molar refractivity (Wildman–Crippen MR) is 74.2 cm³/mol. The second-order valence-electron chi connectivity index (χ2n) is 4.12. The molecule has 1 aliphatic rings. The zero-order valence-corrected chi connectivity index (χ0v) is 11.4. The molecule has 1 unspecified atom stereocenters. The summed E-state index contributed by atoms with van der Waals surface area (Å²) in [7, 11) is 0. The average Bonchev–Trinajstić information content (AvgIpc) is 2.61. The molecule has 0 bridgehead atoms. The van der Waals surface area contributed by atoms with Crippen LogP contribution in [0, 0.1) is 5.92 Å². The van der Waals surface area contributed by atoms with Gasteiger partial charge >= 0.3 is 0 Å². The smallest absolute Gasteiger partial charge is 0.256 e. The van der Waals surface area contributed by atoms with Crippen molar-refractivity contribution in [2.45, 2.75) is 13.3 Å². The molecule has 0 saturated heterocycles. The Labute approximate surface area is 115 Å². The highest BCUT2D eigenvalue weighted by molar-refractivity contribution is 6.42. The summed E-state index contributed by atoms with van der Waals surface area (Å²) in [6, 6.07) is 4.99. The third kappa shape index (κ3) is 2.36. The van der Waals surface area contributed by atoms with Crippen LogP contribution in [0.4, 0.5) is 5.69 Å². The number of rotatable bonds is 3. The highest BCUT2D eigenvalue weighted by Crippen LogP contribution is 2.30. The molecule has 2 N–H and O–H groups in total. The molecule has 0 spiro atoms. The molecular weight excluding hydrogens is 273 g/mol. The van der Waals surface area contributed by atoms with E-state index in [1.807, 2.05) is 6.92 Å². The van der Waals surface area contributed by atoms with Gasteiger partial charge < -0.3 is 5.73 Å². The van der Waals surface area contributed by atoms with Gasteiger partial charge in [-0.25, -0.2) is 5.01 Å². The van der Waals surface area contributed by atoms with Crippen molar-refractivity contribution in [3.8, 4) is 0 Å². The molecule has 0 radical (unpaired) electrons. The maximum absolute atomic E-state index is 12.2. The molecule has 0 saturated carbocycles. The van der Waals surface area contributed by atoms with Gasteiger partial charge in [0.05, 0.1) is 21.7 Å². The third-order valence-corrected chi connectivity index (χ3v) is 3.61. The molecule has 96 valence electrons. The Kier molecular flexibility index (Phi) is 3.90. The number of halogens is 2. The Bertz CT molecular complexity index is 516. The van der Waals surface area contributed by atoms with E-state index >= 15 is 0 Å². The number of amides is 1. The van der Waals surface area contributed by atoms with Gasteiger partial charge in [0, 0.05) is 5.71 Å². The molecule has 0 aromatic heterocycles. The highest BCUT2D eigenvalue weighted by Gasteiger charge is 2.33. The fourth-order valence-corrected chi connectivity index (χ4v) is 2.20. The first-order chi connectivity index (χ1) is 8.54. The first-order valence-electron chi connectivity index (χ1n) is 5.58. The Morgan fingerprint density at radius 2 is 2.11 bits per heavy atom. The van der Waals surface area contributed by atoms with Crippen LogP contribution in [-0.2, 0) is 4.79 Å². The number of carbonyl (C=O) groups excluding carboxylic acids is 1. The molecule has 1 aromatic carbocycles. The molecule has 1 heterocycles. The Hall–Kier alpha value is -1.10. The summed E-state index contributed by atoms with van der Waals surface area (Å²) >= 11 is 11.8. The Morgan fingerprint density at radius 1 is 1.39 bits per heavy atom. The molecule has 1 aliphatic heterocycles. The monoisotopic (exact) mass is 285 g/mol. The maximum Gasteiger partial charge on any atom is 0.256 e. The molecule has 0 fully saturated rings. The van der Waals surface area contributed by atoms with Crippen molar-refractivity contribution in [3.05, 3.63) is 28.2 Å². The zero-order valence-electron chi connectivity index (χ0n) is 9.86. The van der Waals surface area contributed by atoms with Crippen LogP contribution in [0.25, 0.3) is 0 Å². The normalized spacial score (nSPS) is 19.3. The summed E-state index contributed by atoms with van der Waals surface area (Å²) in [6.07, 6.45) is 0.603. The van der Waals surface area contributed by atoms with Gasteiger partial charge in [-0.1, -0.05) is 23.2 Å². The molecule has 1 amide bonds. The number of hydrogen-bond acceptors (Lipinski definition) is 3. The Morgan fingerprint density at radius 3 is 2.72 bits per heavy atom. The van der Waals surface area contributed by atoms with Crippen LogP contribution in [0.1, 0.15) is 13.3 Å². The van der Waals surface area contributed by atoms with Crippen molar-refractivity contribution in [1.29, 1.82) is 0 Å². The van der Waals surface area contributed by atoms with Gasteiger partial charge in [-0.2, -0.15) is 5.10 Å². The minimum Gasteiger partial charge on any atom is -0.330 e. The topological polar surface area (TPSA) is 58.7 Å². The van der Waals surface area contributed by atoms with Gasteiger partial charge in [0.1, 0.15) is 0 Å². The minimum absolute atomic E-state index is 0.0728. The summed E-state index contributed by atoms with van der Waals surface area (Å²) < 4.78 is 0. The van der Waals surface area contributed by atoms with Gasteiger partial charge in [0.2, 0.25) is 0 Å². The van der Waals surface area contributed by atoms with Gasteiger partial charge in [0.15, 0.2) is 0 Å². The number of anilines is 1. The van der Waals surface area contributed by atoms with Gasteiger partial charge in [-0.05, 0) is 38.1 Å². The lowest BCUT2D eigenvalue weighted by atomic mass is 10.0. The van der Waals surface area contributed by atoms with E-state index in [4.69, 9.17) is 28.9 Å². The Balaban J connectivity index is 2.30. The standard InChI is InChI=1S/C12H13Cl2N3O/c1-7-9(4-5-15)12(18)17(16-7)8-2-3-10(13)11(14)6-8/h2-3,6,9H,4-5,15H2,1H3. The fourth-order valence-electron chi connectivity index (χ4n) is 1.90. The fraction of sp³-hybridized carbons (Fsp3) is 0.333. The third-order valence-electron chi connectivity index (χ3n) is 2.87. The lowest BCUT2D eigenvalue weighted by Gasteiger charge is -2.14. The van der Waals surface area contributed by atoms with E-state index in [9.17, 15) is 4.79 Å². The van der Waals surface area contributed by atoms with E-state index in [1.54, 1.807) is 18.2 Å². The van der Waals surface area contributed by atoms with E-state index in [0.717, 1.165) is 5.71 Å². The second kappa shape index (κ2) is 5.26. The van der Waals surface area contributed by atoms with E-state index in [-0.39, 0.29) is 11.8 Å². The van der Waals surface area contributed by atoms with Crippen LogP contribution in [0.15, 0.2) is 23.3 Å². The van der Waals surface area contributed by atoms with Crippen molar-refractivity contribution in [2.75, 3.05) is 11.6 Å². The van der Waals surface area contributed by atoms with Gasteiger partial charge in [0.25, 0.3) is 5.91 Å². The first kappa shape index (κ1) is 13.3. The SMILES string of the molecule is CC1=NN(c2ccc(Cl)c(Cl)c2)C(=O)C1CCN. The van der Waals surface area contributed by atoms with Crippen LogP contribution < -0.4 is 10.7 Å². The van der Waals surface area contributed by atoms with E-state index in [2.05, 4.69) is 5.10 Å². The van der Waals surface area contributed by atoms with Crippen LogP contribution in [-0.4, -0.2) is 18.2 Å². The number of nitrogens with zero attached hydrogens (tertiary/aromatic N) is 2. The van der Waals surface area contributed by atoms with Crippen molar-refractivity contribution >= 4 is 40.5 Å². The molecule has 4 nitrogen and oxygen atoms in total. The lowest BCUT2D eigenvalue weighted by Crippen LogP contribution is -2.28. The van der Waals surface area contributed by atoms with E-state index < -0.39 is 0 Å². The lowest BCUT2D eigenvalue weighted by molar-refractivity contribution is -0.119. The molecule has 2 rings (SSSR count). The summed E-state index contributed by atoms with van der Waals surface area (Å²) in [5, 5.41) is 6.46. The van der Waals surface area contributed by atoms with E-state index in [1.165, 1.54) is 5.01 Å². The van der Waals surface area contributed by atoms with Crippen LogP contribution in [0.2, 0.25) is 10.0 Å². The van der Waals surface area contributed by atoms with Gasteiger partial charge in [-0.3, -0.25) is 4.79 Å². The zero-order chi connectivity index (χ0) is 13.3. The molecule has 6 heteroatoms.